The van der Waals surface area contributed by atoms with Crippen LogP contribution in [-0.4, -0.2) is 44.2 Å². The second-order valence-corrected chi connectivity index (χ2v) is 5.05. The number of carbonyl (C=O) groups excluding carboxylic acids is 1. The Morgan fingerprint density at radius 2 is 2.00 bits per heavy atom. The van der Waals surface area contributed by atoms with Crippen molar-refractivity contribution in [2.75, 3.05) is 27.2 Å². The summed E-state index contributed by atoms with van der Waals surface area (Å²) >= 11 is 0. The van der Waals surface area contributed by atoms with E-state index in [0.717, 1.165) is 38.0 Å². The molecular formula is C15H23ClN2O2. The molecule has 1 fully saturated rings. The first-order chi connectivity index (χ1) is 9.22. The Hall–Kier alpha value is -1.10. The topological polar surface area (TPSA) is 41.6 Å². The maximum Gasteiger partial charge on any atom is 0.338 e. The van der Waals surface area contributed by atoms with Gasteiger partial charge in [0, 0.05) is 12.6 Å². The van der Waals surface area contributed by atoms with Gasteiger partial charge >= 0.3 is 5.97 Å². The van der Waals surface area contributed by atoms with Gasteiger partial charge in [0.25, 0.3) is 0 Å². The number of piperidine rings is 1. The van der Waals surface area contributed by atoms with Crippen molar-refractivity contribution in [2.45, 2.75) is 25.4 Å². The van der Waals surface area contributed by atoms with Crippen LogP contribution in [0.1, 0.15) is 28.8 Å². The maximum absolute atomic E-state index is 11.7. The first kappa shape index (κ1) is 17.0. The van der Waals surface area contributed by atoms with E-state index >= 15 is 0 Å². The molecule has 20 heavy (non-hydrogen) atoms. The molecule has 1 N–H and O–H groups in total. The zero-order valence-electron chi connectivity index (χ0n) is 12.1. The summed E-state index contributed by atoms with van der Waals surface area (Å²) in [5.74, 6) is -0.255. The van der Waals surface area contributed by atoms with Crippen molar-refractivity contribution in [2.24, 2.45) is 0 Å². The van der Waals surface area contributed by atoms with Crippen molar-refractivity contribution in [3.8, 4) is 0 Å². The third-order valence-corrected chi connectivity index (χ3v) is 3.77. The third-order valence-electron chi connectivity index (χ3n) is 3.77. The summed E-state index contributed by atoms with van der Waals surface area (Å²) in [6.45, 7) is 2.94. The molecule has 1 aliphatic rings. The minimum Gasteiger partial charge on any atom is -0.465 e. The molecule has 4 nitrogen and oxygen atoms in total. The van der Waals surface area contributed by atoms with Gasteiger partial charge in [-0.15, -0.1) is 12.4 Å². The standard InChI is InChI=1S/C15H22N2O2.ClH/c1-17(13-7-9-16-10-8-13)11-12-5-3-4-6-14(12)15(18)19-2;/h3-6,13,16H,7-11H2,1-2H3;1H. The summed E-state index contributed by atoms with van der Waals surface area (Å²) in [4.78, 5) is 14.1. The van der Waals surface area contributed by atoms with Gasteiger partial charge in [0.1, 0.15) is 0 Å². The summed E-state index contributed by atoms with van der Waals surface area (Å²) < 4.78 is 4.84. The predicted octanol–water partition coefficient (Wildman–Crippen LogP) is 2.08. The maximum atomic E-state index is 11.7. The highest BCUT2D eigenvalue weighted by Gasteiger charge is 2.19. The van der Waals surface area contributed by atoms with Crippen LogP contribution in [0.3, 0.4) is 0 Å². The van der Waals surface area contributed by atoms with E-state index in [1.165, 1.54) is 7.11 Å². The van der Waals surface area contributed by atoms with E-state index in [4.69, 9.17) is 4.74 Å². The number of hydrogen-bond donors (Lipinski definition) is 1. The Balaban J connectivity index is 0.00000200. The van der Waals surface area contributed by atoms with E-state index in [0.29, 0.717) is 11.6 Å². The lowest BCUT2D eigenvalue weighted by atomic mass is 10.0. The Kier molecular flexibility index (Phi) is 6.99. The molecule has 0 radical (unpaired) electrons. The Bertz CT molecular complexity index is 434. The van der Waals surface area contributed by atoms with E-state index in [2.05, 4.69) is 17.3 Å². The summed E-state index contributed by atoms with van der Waals surface area (Å²) in [6.07, 6.45) is 2.33. The molecule has 0 bridgehead atoms. The molecule has 1 aliphatic heterocycles. The van der Waals surface area contributed by atoms with Gasteiger partial charge in [-0.3, -0.25) is 4.90 Å². The highest BCUT2D eigenvalue weighted by atomic mass is 35.5. The molecule has 112 valence electrons. The van der Waals surface area contributed by atoms with E-state index in [1.54, 1.807) is 0 Å². The molecule has 0 amide bonds. The molecule has 0 spiro atoms. The average molecular weight is 299 g/mol. The number of methoxy groups -OCH3 is 1. The number of carbonyl (C=O) groups is 1. The Labute approximate surface area is 126 Å². The molecule has 0 unspecified atom stereocenters. The van der Waals surface area contributed by atoms with Crippen LogP contribution in [0.2, 0.25) is 0 Å². The summed E-state index contributed by atoms with van der Waals surface area (Å²) in [5.41, 5.74) is 1.71. The average Bonchev–Trinajstić information content (AvgIpc) is 2.48. The molecule has 2 rings (SSSR count). The fourth-order valence-electron chi connectivity index (χ4n) is 2.61. The molecule has 0 atom stereocenters. The zero-order valence-corrected chi connectivity index (χ0v) is 12.9. The highest BCUT2D eigenvalue weighted by molar-refractivity contribution is 5.90. The molecule has 1 heterocycles. The minimum absolute atomic E-state index is 0. The second kappa shape index (κ2) is 8.25. The lowest BCUT2D eigenvalue weighted by Gasteiger charge is -2.32. The third kappa shape index (κ3) is 4.20. The lowest BCUT2D eigenvalue weighted by Crippen LogP contribution is -2.40. The summed E-state index contributed by atoms with van der Waals surface area (Å²) in [7, 11) is 3.56. The van der Waals surface area contributed by atoms with Crippen LogP contribution in [0, 0.1) is 0 Å². The van der Waals surface area contributed by atoms with Gasteiger partial charge in [0.05, 0.1) is 12.7 Å². The van der Waals surface area contributed by atoms with Crippen molar-refractivity contribution in [1.82, 2.24) is 10.2 Å². The monoisotopic (exact) mass is 298 g/mol. The van der Waals surface area contributed by atoms with Crippen molar-refractivity contribution in [1.29, 1.82) is 0 Å². The van der Waals surface area contributed by atoms with Crippen molar-refractivity contribution < 1.29 is 9.53 Å². The van der Waals surface area contributed by atoms with Crippen LogP contribution in [0.25, 0.3) is 0 Å². The molecule has 1 aromatic carbocycles. The fraction of sp³-hybridized carbons (Fsp3) is 0.533. The van der Waals surface area contributed by atoms with E-state index in [-0.39, 0.29) is 18.4 Å². The van der Waals surface area contributed by atoms with Gasteiger partial charge in [-0.1, -0.05) is 18.2 Å². The Morgan fingerprint density at radius 1 is 1.35 bits per heavy atom. The SMILES string of the molecule is COC(=O)c1ccccc1CN(C)C1CCNCC1.Cl. The highest BCUT2D eigenvalue weighted by Crippen LogP contribution is 2.17. The number of benzene rings is 1. The fourth-order valence-corrected chi connectivity index (χ4v) is 2.61. The van der Waals surface area contributed by atoms with Crippen LogP contribution in [0.4, 0.5) is 0 Å². The number of esters is 1. The number of nitrogens with zero attached hydrogens (tertiary/aromatic N) is 1. The first-order valence-corrected chi connectivity index (χ1v) is 6.79. The quantitative estimate of drug-likeness (QED) is 0.864. The number of ether oxygens (including phenoxy) is 1. The number of rotatable bonds is 4. The molecule has 0 saturated carbocycles. The number of hydrogen-bond acceptors (Lipinski definition) is 4. The normalized spacial score (nSPS) is 15.8. The predicted molar refractivity (Wildman–Crippen MR) is 82.4 cm³/mol. The van der Waals surface area contributed by atoms with Crippen molar-refractivity contribution >= 4 is 18.4 Å². The van der Waals surface area contributed by atoms with E-state index in [1.807, 2.05) is 24.3 Å². The minimum atomic E-state index is -0.255. The van der Waals surface area contributed by atoms with Gasteiger partial charge in [0.15, 0.2) is 0 Å². The van der Waals surface area contributed by atoms with Crippen molar-refractivity contribution in [3.05, 3.63) is 35.4 Å². The van der Waals surface area contributed by atoms with Crippen LogP contribution in [0.15, 0.2) is 24.3 Å². The largest absolute Gasteiger partial charge is 0.465 e. The van der Waals surface area contributed by atoms with Gasteiger partial charge in [-0.2, -0.15) is 0 Å². The van der Waals surface area contributed by atoms with Gasteiger partial charge < -0.3 is 10.1 Å². The molecule has 1 aromatic rings. The van der Waals surface area contributed by atoms with Crippen LogP contribution in [-0.2, 0) is 11.3 Å². The van der Waals surface area contributed by atoms with E-state index < -0.39 is 0 Å². The molecule has 0 aliphatic carbocycles. The molecule has 1 saturated heterocycles. The van der Waals surface area contributed by atoms with E-state index in [9.17, 15) is 4.79 Å². The van der Waals surface area contributed by atoms with Gasteiger partial charge in [-0.05, 0) is 44.6 Å². The molecule has 5 heteroatoms. The number of halogens is 1. The van der Waals surface area contributed by atoms with Crippen LogP contribution >= 0.6 is 12.4 Å². The number of nitrogens with one attached hydrogen (secondary N) is 1. The Morgan fingerprint density at radius 3 is 2.65 bits per heavy atom. The second-order valence-electron chi connectivity index (χ2n) is 5.05. The van der Waals surface area contributed by atoms with Crippen LogP contribution in [0.5, 0.6) is 0 Å². The van der Waals surface area contributed by atoms with Crippen LogP contribution < -0.4 is 5.32 Å². The zero-order chi connectivity index (χ0) is 13.7. The first-order valence-electron chi connectivity index (χ1n) is 6.79. The van der Waals surface area contributed by atoms with Crippen molar-refractivity contribution in [3.63, 3.8) is 0 Å². The summed E-state index contributed by atoms with van der Waals surface area (Å²) in [6, 6.07) is 8.27. The summed E-state index contributed by atoms with van der Waals surface area (Å²) in [5, 5.41) is 3.37. The van der Waals surface area contributed by atoms with Gasteiger partial charge in [-0.25, -0.2) is 4.79 Å². The lowest BCUT2D eigenvalue weighted by molar-refractivity contribution is 0.0597. The van der Waals surface area contributed by atoms with Gasteiger partial charge in [0.2, 0.25) is 0 Å². The smallest absolute Gasteiger partial charge is 0.338 e. The molecular weight excluding hydrogens is 276 g/mol. The molecule has 0 aromatic heterocycles.